The molecule has 0 aliphatic carbocycles. The molecule has 0 aromatic heterocycles. The van der Waals surface area contributed by atoms with Crippen molar-refractivity contribution >= 4 is 20.7 Å². The predicted molar refractivity (Wildman–Crippen MR) is 145 cm³/mol. The fraction of sp³-hybridized carbons (Fsp3) is 0.630. The van der Waals surface area contributed by atoms with Gasteiger partial charge in [0.2, 0.25) is 0 Å². The normalized spacial score (nSPS) is 14.9. The predicted octanol–water partition coefficient (Wildman–Crippen LogP) is 8.23. The number of rotatable bonds is 9. The molecule has 0 saturated heterocycles. The van der Waals surface area contributed by atoms with Gasteiger partial charge in [-0.05, 0) is 32.3 Å². The first-order valence-electron chi connectivity index (χ1n) is 12.3. The number of hydrogen-bond donors (Lipinski definition) is 1. The number of benzene rings is 1. The van der Waals surface area contributed by atoms with E-state index >= 15 is 0 Å². The van der Waals surface area contributed by atoms with Crippen molar-refractivity contribution in [2.24, 2.45) is 21.6 Å². The van der Waals surface area contributed by atoms with Gasteiger partial charge in [-0.2, -0.15) is 0 Å². The molecule has 35 heavy (non-hydrogen) atoms. The van der Waals surface area contributed by atoms with Crippen LogP contribution in [0.4, 0.5) is 13.2 Å². The third kappa shape index (κ3) is 17.5. The van der Waals surface area contributed by atoms with Crippen molar-refractivity contribution in [2.75, 3.05) is 6.54 Å². The van der Waals surface area contributed by atoms with E-state index in [2.05, 4.69) is 36.8 Å². The van der Waals surface area contributed by atoms with Crippen molar-refractivity contribution in [3.05, 3.63) is 47.3 Å². The number of unbranched alkanes of at least 4 members (excludes halogenated alkanes) is 3. The van der Waals surface area contributed by atoms with Crippen LogP contribution in [0.25, 0.3) is 0 Å². The molecule has 0 amide bonds. The van der Waals surface area contributed by atoms with Crippen molar-refractivity contribution in [1.82, 2.24) is 0 Å². The zero-order valence-corrected chi connectivity index (χ0v) is 27.6. The van der Waals surface area contributed by atoms with Gasteiger partial charge in [-0.15, -0.1) is 29.8 Å². The molecule has 3 atom stereocenters. The Hall–Kier alpha value is -0.628. The summed E-state index contributed by atoms with van der Waals surface area (Å²) in [4.78, 5) is 8.48. The number of hydrogen-bond acceptors (Lipinski definition) is 3. The average molecular weight is 737 g/mol. The fourth-order valence-electron chi connectivity index (χ4n) is 2.82. The summed E-state index contributed by atoms with van der Waals surface area (Å²) in [6.45, 7) is 12.5. The largest absolute Gasteiger partial charge is 0.384 e. The van der Waals surface area contributed by atoms with Crippen LogP contribution in [0.2, 0.25) is 0 Å². The summed E-state index contributed by atoms with van der Waals surface area (Å²) in [6, 6.07) is 7.00. The number of aliphatic imine (C=N–C) groups is 2. The molecule has 2 rings (SSSR count). The van der Waals surface area contributed by atoms with Crippen LogP contribution in [0.3, 0.4) is 0 Å². The van der Waals surface area contributed by atoms with Crippen molar-refractivity contribution in [3.63, 3.8) is 0 Å². The van der Waals surface area contributed by atoms with Crippen LogP contribution in [-0.4, -0.2) is 24.1 Å². The van der Waals surface area contributed by atoms with E-state index in [0.717, 1.165) is 5.92 Å². The molecular weight excluding hydrogens is 692 g/mol. The minimum atomic E-state index is -2.95. The van der Waals surface area contributed by atoms with Gasteiger partial charge in [-0.3, -0.25) is 0 Å². The third-order valence-electron chi connectivity index (χ3n) is 5.45. The first-order chi connectivity index (χ1) is 16.0. The molecule has 1 aromatic rings. The van der Waals surface area contributed by atoms with Gasteiger partial charge in [0.1, 0.15) is 5.82 Å². The van der Waals surface area contributed by atoms with Gasteiger partial charge in [0.05, 0.1) is 12.7 Å². The average Bonchev–Trinajstić information content (AvgIpc) is 2.96. The van der Waals surface area contributed by atoms with Crippen molar-refractivity contribution in [2.45, 2.75) is 98.3 Å². The molecule has 0 fully saturated rings. The number of nitrogens with zero attached hydrogens (tertiary/aromatic N) is 2. The minimum Gasteiger partial charge on any atom is -0.384 e. The van der Waals surface area contributed by atoms with Crippen LogP contribution < -0.4 is 5.73 Å². The topological polar surface area (TPSA) is 50.7 Å². The molecule has 1 aromatic carbocycles. The smallest absolute Gasteiger partial charge is 0.253 e. The Morgan fingerprint density at radius 2 is 1.74 bits per heavy atom. The Labute approximate surface area is 237 Å². The molecule has 0 radical (unpaired) electrons. The molecule has 0 bridgehead atoms. The molecule has 198 valence electrons. The van der Waals surface area contributed by atoms with E-state index in [1.165, 1.54) is 59.9 Å². The third-order valence-corrected chi connectivity index (χ3v) is 5.79. The van der Waals surface area contributed by atoms with E-state index in [4.69, 9.17) is 5.73 Å². The maximum absolute atomic E-state index is 13.1. The minimum absolute atomic E-state index is 0. The molecule has 1 aliphatic rings. The molecule has 3 nitrogen and oxygen atoms in total. The standard InChI is InChI=1S/C13H13F2N3P.C10H22.C4H9F.U/c1-8-12(17-7-6-11(16)18-8)9-2-4-10(5-3-9)13(14,15)19;1-4-6-7-8-9-10(3)5-2;1-3-4(2)5;/h2,4-6H,7,16,19H2,1H3;10H,4-9H2,1-3H3;4H,3H2,1-2H3;/q-1;;;. The molecule has 0 spiro atoms. The van der Waals surface area contributed by atoms with Crippen LogP contribution in [0.15, 0.2) is 40.1 Å². The summed E-state index contributed by atoms with van der Waals surface area (Å²) in [7, 11) is 1.50. The van der Waals surface area contributed by atoms with E-state index < -0.39 is 11.8 Å². The van der Waals surface area contributed by atoms with Gasteiger partial charge in [0, 0.05) is 42.5 Å². The fourth-order valence-corrected chi connectivity index (χ4v) is 3.00. The van der Waals surface area contributed by atoms with Gasteiger partial charge < -0.3 is 10.7 Å². The number of alkyl halides is 3. The summed E-state index contributed by atoms with van der Waals surface area (Å²) in [5.41, 5.74) is 4.47. The van der Waals surface area contributed by atoms with E-state index in [1.54, 1.807) is 26.0 Å². The SMILES string of the molecule is CC1=NC(N)=CCN=C1c1[c-]cc(C(F)(F)P)cc1.CCC(C)F.CCCCCCC(C)CC.[U]. The Bertz CT molecular complexity index is 773. The van der Waals surface area contributed by atoms with Crippen LogP contribution >= 0.6 is 9.24 Å². The van der Waals surface area contributed by atoms with Gasteiger partial charge >= 0.3 is 0 Å². The molecule has 3 unspecified atom stereocenters. The van der Waals surface area contributed by atoms with Crippen molar-refractivity contribution < 1.29 is 44.3 Å². The Morgan fingerprint density at radius 1 is 1.11 bits per heavy atom. The summed E-state index contributed by atoms with van der Waals surface area (Å²) < 4.78 is 37.6. The van der Waals surface area contributed by atoms with Gasteiger partial charge in [0.15, 0.2) is 0 Å². The summed E-state index contributed by atoms with van der Waals surface area (Å²) >= 11 is 0. The molecule has 8 heteroatoms. The van der Waals surface area contributed by atoms with Crippen LogP contribution in [0.5, 0.6) is 0 Å². The summed E-state index contributed by atoms with van der Waals surface area (Å²) in [5.74, 6) is 1.36. The van der Waals surface area contributed by atoms with E-state index in [-0.39, 0.29) is 36.7 Å². The Kier molecular flexibility index (Phi) is 21.3. The summed E-state index contributed by atoms with van der Waals surface area (Å²) in [6.07, 6.45) is 10.2. The van der Waals surface area contributed by atoms with Crippen LogP contribution in [0.1, 0.15) is 97.6 Å². The van der Waals surface area contributed by atoms with E-state index in [1.807, 2.05) is 6.92 Å². The van der Waals surface area contributed by atoms with Gasteiger partial charge in [0.25, 0.3) is 5.66 Å². The second kappa shape index (κ2) is 20.4. The monoisotopic (exact) mass is 736 g/mol. The van der Waals surface area contributed by atoms with E-state index in [9.17, 15) is 13.2 Å². The van der Waals surface area contributed by atoms with Crippen LogP contribution in [0, 0.1) is 43.1 Å². The maximum atomic E-state index is 13.1. The van der Waals surface area contributed by atoms with Crippen LogP contribution in [-0.2, 0) is 5.66 Å². The van der Waals surface area contributed by atoms with Crippen molar-refractivity contribution in [1.29, 1.82) is 0 Å². The second-order valence-electron chi connectivity index (χ2n) is 8.68. The Morgan fingerprint density at radius 3 is 2.20 bits per heavy atom. The molecular formula is C27H44F3N3PU-. The second-order valence-corrected chi connectivity index (χ2v) is 9.41. The van der Waals surface area contributed by atoms with Gasteiger partial charge in [-0.1, -0.05) is 81.0 Å². The van der Waals surface area contributed by atoms with Gasteiger partial charge in [-0.25, -0.2) is 18.2 Å². The number of nitrogens with two attached hydrogens (primary N) is 1. The zero-order chi connectivity index (χ0) is 26.1. The van der Waals surface area contributed by atoms with Crippen molar-refractivity contribution in [3.8, 4) is 0 Å². The molecule has 1 aliphatic heterocycles. The summed E-state index contributed by atoms with van der Waals surface area (Å²) in [5, 5.41) is 0. The Balaban J connectivity index is 0. The maximum Gasteiger partial charge on any atom is 0.253 e. The zero-order valence-electron chi connectivity index (χ0n) is 22.3. The van der Waals surface area contributed by atoms with E-state index in [0.29, 0.717) is 35.8 Å². The first-order valence-corrected chi connectivity index (χ1v) is 12.9. The quantitative estimate of drug-likeness (QED) is 0.155. The number of halogens is 3. The molecule has 2 N–H and O–H groups in total. The first kappa shape index (κ1) is 36.5. The molecule has 1 heterocycles. The molecule has 0 saturated carbocycles.